The van der Waals surface area contributed by atoms with E-state index in [0.717, 1.165) is 22.0 Å². The lowest BCUT2D eigenvalue weighted by Crippen LogP contribution is -2.53. The molecular formula is C19H17FN2O. The molecule has 1 saturated heterocycles. The van der Waals surface area contributed by atoms with E-state index in [0.29, 0.717) is 25.1 Å². The number of H-pyrrole nitrogens is 1. The van der Waals surface area contributed by atoms with Gasteiger partial charge in [-0.05, 0) is 28.6 Å². The monoisotopic (exact) mass is 308 g/mol. The summed E-state index contributed by atoms with van der Waals surface area (Å²) in [6.45, 7) is 0.743. The van der Waals surface area contributed by atoms with Gasteiger partial charge >= 0.3 is 0 Å². The molecule has 4 rings (SSSR count). The topological polar surface area (TPSA) is 44.9 Å². The normalized spacial score (nSPS) is 16.2. The molecule has 116 valence electrons. The maximum Gasteiger partial charge on any atom is 0.251 e. The third-order valence-corrected chi connectivity index (χ3v) is 4.51. The molecule has 1 fully saturated rings. The maximum atomic E-state index is 14.3. The average molecular weight is 308 g/mol. The number of para-hydroxylation sites is 1. The number of aromatic amines is 1. The van der Waals surface area contributed by atoms with Gasteiger partial charge in [-0.25, -0.2) is 4.39 Å². The summed E-state index contributed by atoms with van der Waals surface area (Å²) in [7, 11) is 0. The largest absolute Gasteiger partial charge is 0.322 e. The Morgan fingerprint density at radius 2 is 1.78 bits per heavy atom. The fourth-order valence-corrected chi connectivity index (χ4v) is 3.01. The molecule has 2 aromatic carbocycles. The van der Waals surface area contributed by atoms with Crippen molar-refractivity contribution in [1.82, 2.24) is 10.3 Å². The van der Waals surface area contributed by atoms with E-state index in [1.807, 2.05) is 54.6 Å². The summed E-state index contributed by atoms with van der Waals surface area (Å²) in [6, 6.07) is 17.1. The summed E-state index contributed by atoms with van der Waals surface area (Å²) in [4.78, 5) is 15.1. The lowest BCUT2D eigenvalue weighted by Gasteiger charge is -2.35. The molecule has 1 aromatic heterocycles. The summed E-state index contributed by atoms with van der Waals surface area (Å²) in [5.41, 5.74) is 1.96. The number of halogens is 1. The van der Waals surface area contributed by atoms with E-state index in [9.17, 15) is 9.18 Å². The molecule has 0 saturated carbocycles. The molecule has 2 heterocycles. The van der Waals surface area contributed by atoms with Crippen molar-refractivity contribution in [2.45, 2.75) is 12.1 Å². The second kappa shape index (κ2) is 5.32. The van der Waals surface area contributed by atoms with Gasteiger partial charge in [-0.1, -0.05) is 42.5 Å². The fraction of sp³-hybridized carbons (Fsp3) is 0.211. The van der Waals surface area contributed by atoms with Crippen LogP contribution in [0.1, 0.15) is 16.7 Å². The number of pyridine rings is 1. The predicted molar refractivity (Wildman–Crippen MR) is 89.5 cm³/mol. The quantitative estimate of drug-likeness (QED) is 0.781. The van der Waals surface area contributed by atoms with E-state index in [2.05, 4.69) is 10.3 Å². The van der Waals surface area contributed by atoms with Crippen molar-refractivity contribution in [2.75, 3.05) is 13.1 Å². The van der Waals surface area contributed by atoms with Gasteiger partial charge in [0.2, 0.25) is 0 Å². The molecule has 0 bridgehead atoms. The highest BCUT2D eigenvalue weighted by atomic mass is 19.1. The molecule has 0 radical (unpaired) electrons. The molecule has 23 heavy (non-hydrogen) atoms. The van der Waals surface area contributed by atoms with Crippen molar-refractivity contribution in [3.63, 3.8) is 0 Å². The minimum Gasteiger partial charge on any atom is -0.322 e. The van der Waals surface area contributed by atoms with Gasteiger partial charge in [0.15, 0.2) is 5.67 Å². The Balaban J connectivity index is 1.63. The van der Waals surface area contributed by atoms with E-state index in [1.54, 1.807) is 0 Å². The summed E-state index contributed by atoms with van der Waals surface area (Å²) in [5.74, 6) is 0. The summed E-state index contributed by atoms with van der Waals surface area (Å²) in [5, 5.41) is 3.97. The van der Waals surface area contributed by atoms with Crippen LogP contribution >= 0.6 is 0 Å². The molecule has 0 amide bonds. The molecule has 1 aliphatic rings. The zero-order chi connectivity index (χ0) is 15.9. The second-order valence-corrected chi connectivity index (χ2v) is 6.15. The molecule has 0 unspecified atom stereocenters. The first-order valence-corrected chi connectivity index (χ1v) is 7.74. The number of hydrogen-bond donors (Lipinski definition) is 2. The molecule has 4 heteroatoms. The SMILES string of the molecule is O=c1[nH]c2ccccc2cc1Cc1ccc(C2(F)CNC2)cc1. The van der Waals surface area contributed by atoms with Gasteiger partial charge in [0.05, 0.1) is 0 Å². The van der Waals surface area contributed by atoms with E-state index in [4.69, 9.17) is 0 Å². The van der Waals surface area contributed by atoms with Crippen molar-refractivity contribution >= 4 is 10.9 Å². The fourth-order valence-electron chi connectivity index (χ4n) is 3.01. The maximum absolute atomic E-state index is 14.3. The van der Waals surface area contributed by atoms with E-state index >= 15 is 0 Å². The van der Waals surface area contributed by atoms with E-state index < -0.39 is 5.67 Å². The summed E-state index contributed by atoms with van der Waals surface area (Å²) < 4.78 is 14.3. The zero-order valence-electron chi connectivity index (χ0n) is 12.6. The highest BCUT2D eigenvalue weighted by Gasteiger charge is 2.38. The van der Waals surface area contributed by atoms with Crippen LogP contribution in [0.2, 0.25) is 0 Å². The Morgan fingerprint density at radius 3 is 2.48 bits per heavy atom. The van der Waals surface area contributed by atoms with Crippen LogP contribution in [0.25, 0.3) is 10.9 Å². The Hall–Kier alpha value is -2.46. The number of aromatic nitrogens is 1. The molecule has 1 aliphatic heterocycles. The van der Waals surface area contributed by atoms with E-state index in [-0.39, 0.29) is 5.56 Å². The van der Waals surface area contributed by atoms with Crippen LogP contribution in [-0.4, -0.2) is 18.1 Å². The Morgan fingerprint density at radius 1 is 1.04 bits per heavy atom. The van der Waals surface area contributed by atoms with Crippen molar-refractivity contribution in [2.24, 2.45) is 0 Å². The van der Waals surface area contributed by atoms with Gasteiger partial charge in [-0.2, -0.15) is 0 Å². The molecule has 0 atom stereocenters. The van der Waals surface area contributed by atoms with Crippen LogP contribution in [0, 0.1) is 0 Å². The minimum atomic E-state index is -1.24. The molecule has 0 aliphatic carbocycles. The second-order valence-electron chi connectivity index (χ2n) is 6.15. The van der Waals surface area contributed by atoms with Crippen LogP contribution in [-0.2, 0) is 12.1 Å². The third-order valence-electron chi connectivity index (χ3n) is 4.51. The standard InChI is InChI=1S/C19H17FN2O/c20-19(11-21-12-19)16-7-5-13(6-8-16)9-15-10-14-3-1-2-4-17(14)22-18(15)23/h1-8,10,21H,9,11-12H2,(H,22,23). The number of nitrogens with one attached hydrogen (secondary N) is 2. The van der Waals surface area contributed by atoms with Gasteiger partial charge in [0.25, 0.3) is 5.56 Å². The zero-order valence-corrected chi connectivity index (χ0v) is 12.6. The van der Waals surface area contributed by atoms with Crippen molar-refractivity contribution in [1.29, 1.82) is 0 Å². The number of rotatable bonds is 3. The lowest BCUT2D eigenvalue weighted by molar-refractivity contribution is 0.0891. The lowest BCUT2D eigenvalue weighted by atomic mass is 9.89. The van der Waals surface area contributed by atoms with Crippen LogP contribution in [0.3, 0.4) is 0 Å². The highest BCUT2D eigenvalue weighted by molar-refractivity contribution is 5.78. The Labute approximate surface area is 133 Å². The van der Waals surface area contributed by atoms with Crippen molar-refractivity contribution in [3.05, 3.63) is 81.6 Å². The van der Waals surface area contributed by atoms with Crippen LogP contribution < -0.4 is 10.9 Å². The average Bonchev–Trinajstić information content (AvgIpc) is 2.54. The highest BCUT2D eigenvalue weighted by Crippen LogP contribution is 2.30. The number of alkyl halides is 1. The van der Waals surface area contributed by atoms with Crippen molar-refractivity contribution in [3.8, 4) is 0 Å². The van der Waals surface area contributed by atoms with Crippen LogP contribution in [0.4, 0.5) is 4.39 Å². The van der Waals surface area contributed by atoms with Crippen LogP contribution in [0.5, 0.6) is 0 Å². The molecule has 0 spiro atoms. The molecule has 3 nitrogen and oxygen atoms in total. The Bertz CT molecular complexity index is 911. The van der Waals surface area contributed by atoms with Crippen molar-refractivity contribution < 1.29 is 4.39 Å². The van der Waals surface area contributed by atoms with Gasteiger partial charge in [0, 0.05) is 30.6 Å². The third kappa shape index (κ3) is 2.55. The van der Waals surface area contributed by atoms with Gasteiger partial charge in [-0.3, -0.25) is 4.79 Å². The predicted octanol–water partition coefficient (Wildman–Crippen LogP) is 2.89. The molecule has 2 N–H and O–H groups in total. The van der Waals surface area contributed by atoms with Gasteiger partial charge in [0.1, 0.15) is 0 Å². The summed E-state index contributed by atoms with van der Waals surface area (Å²) in [6.07, 6.45) is 0.540. The van der Waals surface area contributed by atoms with E-state index in [1.165, 1.54) is 0 Å². The van der Waals surface area contributed by atoms with Crippen LogP contribution in [0.15, 0.2) is 59.4 Å². The first-order valence-electron chi connectivity index (χ1n) is 7.74. The first-order chi connectivity index (χ1) is 11.1. The summed E-state index contributed by atoms with van der Waals surface area (Å²) >= 11 is 0. The molecule has 3 aromatic rings. The first kappa shape index (κ1) is 14.2. The number of fused-ring (bicyclic) bond motifs is 1. The minimum absolute atomic E-state index is 0.0714. The molecular weight excluding hydrogens is 291 g/mol. The van der Waals surface area contributed by atoms with Gasteiger partial charge in [-0.15, -0.1) is 0 Å². The number of benzene rings is 2. The number of hydrogen-bond acceptors (Lipinski definition) is 2. The Kier molecular flexibility index (Phi) is 3.27. The smallest absolute Gasteiger partial charge is 0.251 e. The van der Waals surface area contributed by atoms with Gasteiger partial charge < -0.3 is 10.3 Å².